The smallest absolute Gasteiger partial charge is 0.183 e. The van der Waals surface area contributed by atoms with Gasteiger partial charge in [-0.3, -0.25) is 0 Å². The van der Waals surface area contributed by atoms with Crippen molar-refractivity contribution in [2.45, 2.75) is 89.0 Å². The third kappa shape index (κ3) is 4.27. The molecule has 0 unspecified atom stereocenters. The normalized spacial score (nSPS) is 21.2. The maximum atomic E-state index is 2.33. The van der Waals surface area contributed by atoms with Crippen LogP contribution in [0.5, 0.6) is 0 Å². The molecule has 1 nitrogen and oxygen atoms in total. The molecule has 2 aliphatic rings. The Bertz CT molecular complexity index is 987. The van der Waals surface area contributed by atoms with Gasteiger partial charge in [-0.05, 0) is 130 Å². The summed E-state index contributed by atoms with van der Waals surface area (Å²) in [5.74, 6) is 0.624. The quantitative estimate of drug-likeness (QED) is 0.327. The summed E-state index contributed by atoms with van der Waals surface area (Å²) in [5.41, 5.74) is 19.2. The molecule has 0 saturated heterocycles. The summed E-state index contributed by atoms with van der Waals surface area (Å²) in [6, 6.07) is 0. The van der Waals surface area contributed by atoms with Crippen LogP contribution in [0.1, 0.15) is 89.0 Å². The summed E-state index contributed by atoms with van der Waals surface area (Å²) in [6.07, 6.45) is 2.17. The summed E-state index contributed by atoms with van der Waals surface area (Å²) < 4.78 is 2.28. The molecule has 0 radical (unpaired) electrons. The molecule has 0 bridgehead atoms. The van der Waals surface area contributed by atoms with Gasteiger partial charge in [-0.15, -0.1) is 0 Å². The predicted molar refractivity (Wildman–Crippen MR) is 134 cm³/mol. The zero-order valence-electron chi connectivity index (χ0n) is 21.9. The van der Waals surface area contributed by atoms with Crippen molar-refractivity contribution in [2.24, 2.45) is 5.92 Å². The molecule has 1 heteroatoms. The SMILES string of the molecule is CC1=C(C)\C(=C(C)/C(C)=C(C)/C(C)=C(\C)C2=C(C)C(C)=C(C(C)C)C2)CC1=[N+](C)C. The first-order valence-electron chi connectivity index (χ1n) is 11.5. The van der Waals surface area contributed by atoms with Gasteiger partial charge in [0.15, 0.2) is 5.71 Å². The molecule has 0 fully saturated rings. The first-order valence-corrected chi connectivity index (χ1v) is 11.5. The Labute approximate surface area is 186 Å². The van der Waals surface area contributed by atoms with Crippen molar-refractivity contribution in [3.63, 3.8) is 0 Å². The Balaban J connectivity index is 2.51. The summed E-state index contributed by atoms with van der Waals surface area (Å²) in [6.45, 7) is 25.4. The summed E-state index contributed by atoms with van der Waals surface area (Å²) in [5, 5.41) is 0. The molecule has 0 N–H and O–H groups in total. The van der Waals surface area contributed by atoms with Gasteiger partial charge in [-0.2, -0.15) is 0 Å². The van der Waals surface area contributed by atoms with Crippen molar-refractivity contribution in [1.29, 1.82) is 0 Å². The largest absolute Gasteiger partial charge is 0.238 e. The van der Waals surface area contributed by atoms with E-state index in [-0.39, 0.29) is 0 Å². The Morgan fingerprint density at radius 3 is 1.70 bits per heavy atom. The van der Waals surface area contributed by atoms with Crippen molar-refractivity contribution < 1.29 is 4.58 Å². The van der Waals surface area contributed by atoms with E-state index in [9.17, 15) is 0 Å². The molecule has 164 valence electrons. The van der Waals surface area contributed by atoms with E-state index in [0.29, 0.717) is 5.92 Å². The molecule has 0 aliphatic heterocycles. The Morgan fingerprint density at radius 1 is 0.700 bits per heavy atom. The van der Waals surface area contributed by atoms with Gasteiger partial charge in [0.2, 0.25) is 0 Å². The lowest BCUT2D eigenvalue weighted by Crippen LogP contribution is -2.11. The molecule has 0 aromatic rings. The van der Waals surface area contributed by atoms with Gasteiger partial charge < -0.3 is 0 Å². The van der Waals surface area contributed by atoms with Gasteiger partial charge in [-0.1, -0.05) is 19.4 Å². The highest BCUT2D eigenvalue weighted by molar-refractivity contribution is 6.03. The maximum Gasteiger partial charge on any atom is 0.183 e. The highest BCUT2D eigenvalue weighted by atomic mass is 14.9. The zero-order valence-corrected chi connectivity index (χ0v) is 21.9. The van der Waals surface area contributed by atoms with Crippen LogP contribution < -0.4 is 0 Å². The minimum Gasteiger partial charge on any atom is -0.238 e. The fourth-order valence-electron chi connectivity index (χ4n) is 5.05. The van der Waals surface area contributed by atoms with Crippen molar-refractivity contribution in [3.8, 4) is 0 Å². The van der Waals surface area contributed by atoms with E-state index in [4.69, 9.17) is 0 Å². The Hall–Kier alpha value is -1.89. The van der Waals surface area contributed by atoms with Crippen LogP contribution in [0.25, 0.3) is 0 Å². The highest BCUT2D eigenvalue weighted by Crippen LogP contribution is 2.41. The molecule has 0 aromatic carbocycles. The summed E-state index contributed by atoms with van der Waals surface area (Å²) in [4.78, 5) is 0. The van der Waals surface area contributed by atoms with Crippen LogP contribution in [-0.2, 0) is 0 Å². The number of nitrogens with zero attached hydrogens (tertiary/aromatic N) is 1. The van der Waals surface area contributed by atoms with Gasteiger partial charge in [0.25, 0.3) is 0 Å². The van der Waals surface area contributed by atoms with E-state index in [2.05, 4.69) is 94.8 Å². The molecular formula is C29H44N+. The van der Waals surface area contributed by atoms with Crippen LogP contribution in [-0.4, -0.2) is 24.4 Å². The van der Waals surface area contributed by atoms with E-state index < -0.39 is 0 Å². The standard InChI is InChI=1S/C29H44N/c1-16(2)26-14-27(23(9)22(26)8)20(6)18(4)17(3)19(5)21(7)28-15-29(30(12)13)25(11)24(28)10/h16H,14-15H2,1-13H3/q+1/b19-17+,20-18+,28-21-. The Morgan fingerprint density at radius 2 is 1.27 bits per heavy atom. The van der Waals surface area contributed by atoms with E-state index in [1.807, 2.05) is 0 Å². The minimum atomic E-state index is 0.624. The first-order chi connectivity index (χ1) is 13.8. The van der Waals surface area contributed by atoms with Crippen molar-refractivity contribution >= 4 is 5.71 Å². The average Bonchev–Trinajstić information content (AvgIpc) is 3.16. The van der Waals surface area contributed by atoms with Gasteiger partial charge in [-0.25, -0.2) is 4.58 Å². The van der Waals surface area contributed by atoms with Crippen molar-refractivity contribution in [1.82, 2.24) is 0 Å². The zero-order chi connectivity index (χ0) is 23.1. The molecule has 0 atom stereocenters. The molecule has 2 rings (SSSR count). The molecular weight excluding hydrogens is 362 g/mol. The number of allylic oxidation sites excluding steroid dienone is 12. The predicted octanol–water partition coefficient (Wildman–Crippen LogP) is 8.12. The van der Waals surface area contributed by atoms with Crippen LogP contribution in [0.3, 0.4) is 0 Å². The molecule has 0 heterocycles. The lowest BCUT2D eigenvalue weighted by Gasteiger charge is -2.17. The van der Waals surface area contributed by atoms with Gasteiger partial charge in [0, 0.05) is 5.57 Å². The number of hydrogen-bond donors (Lipinski definition) is 0. The molecule has 0 saturated carbocycles. The van der Waals surface area contributed by atoms with Crippen LogP contribution in [0.4, 0.5) is 0 Å². The van der Waals surface area contributed by atoms with E-state index in [1.54, 1.807) is 11.1 Å². The molecule has 30 heavy (non-hydrogen) atoms. The second-order valence-electron chi connectivity index (χ2n) is 9.96. The molecule has 2 aliphatic carbocycles. The third-order valence-electron chi connectivity index (χ3n) is 8.05. The highest BCUT2D eigenvalue weighted by Gasteiger charge is 2.27. The maximum absolute atomic E-state index is 2.33. The fraction of sp³-hybridized carbons (Fsp3) is 0.552. The lowest BCUT2D eigenvalue weighted by molar-refractivity contribution is -0.464. The fourth-order valence-corrected chi connectivity index (χ4v) is 5.05. The molecule has 0 amide bonds. The van der Waals surface area contributed by atoms with Gasteiger partial charge >= 0.3 is 0 Å². The Kier molecular flexibility index (Phi) is 7.38. The van der Waals surface area contributed by atoms with E-state index in [0.717, 1.165) is 12.8 Å². The van der Waals surface area contributed by atoms with Gasteiger partial charge in [0.05, 0.1) is 6.42 Å². The number of hydrogen-bond acceptors (Lipinski definition) is 0. The third-order valence-corrected chi connectivity index (χ3v) is 8.05. The summed E-state index contributed by atoms with van der Waals surface area (Å²) >= 11 is 0. The van der Waals surface area contributed by atoms with Crippen LogP contribution >= 0.6 is 0 Å². The van der Waals surface area contributed by atoms with Crippen LogP contribution in [0.15, 0.2) is 66.9 Å². The van der Waals surface area contributed by atoms with Crippen LogP contribution in [0.2, 0.25) is 0 Å². The lowest BCUT2D eigenvalue weighted by atomic mass is 9.88. The van der Waals surface area contributed by atoms with E-state index in [1.165, 1.54) is 61.4 Å². The van der Waals surface area contributed by atoms with E-state index >= 15 is 0 Å². The summed E-state index contributed by atoms with van der Waals surface area (Å²) in [7, 11) is 4.32. The average molecular weight is 407 g/mol. The number of rotatable bonds is 4. The van der Waals surface area contributed by atoms with Crippen molar-refractivity contribution in [3.05, 3.63) is 66.9 Å². The van der Waals surface area contributed by atoms with Crippen molar-refractivity contribution in [2.75, 3.05) is 14.1 Å². The molecule has 0 aromatic heterocycles. The topological polar surface area (TPSA) is 3.01 Å². The van der Waals surface area contributed by atoms with Crippen LogP contribution in [0, 0.1) is 5.92 Å². The minimum absolute atomic E-state index is 0.624. The second kappa shape index (κ2) is 9.08. The monoisotopic (exact) mass is 406 g/mol. The second-order valence-corrected chi connectivity index (χ2v) is 9.96. The van der Waals surface area contributed by atoms with Gasteiger partial charge in [0.1, 0.15) is 14.1 Å². The first kappa shape index (κ1) is 24.4. The molecule has 0 spiro atoms.